The minimum absolute atomic E-state index is 0.00621. The molecule has 2 atom stereocenters. The Bertz CT molecular complexity index is 1310. The SMILES string of the molecule is CC(=O)NC[C@@H]1CN(C2CCN(C(=O)c3ccc4ncccc4c3)CC2)CC[C@@H]1Cc1ccc(Cl)c(Cl)c1. The number of rotatable bonds is 6. The highest BCUT2D eigenvalue weighted by Crippen LogP contribution is 2.32. The Hall–Kier alpha value is -2.67. The maximum absolute atomic E-state index is 13.2. The Morgan fingerprint density at radius 2 is 1.79 bits per heavy atom. The van der Waals surface area contributed by atoms with Crippen molar-refractivity contribution in [1.29, 1.82) is 0 Å². The molecule has 8 heteroatoms. The third-order valence-corrected chi connectivity index (χ3v) is 8.87. The molecule has 3 heterocycles. The molecule has 0 aliphatic carbocycles. The van der Waals surface area contributed by atoms with E-state index in [-0.39, 0.29) is 11.8 Å². The van der Waals surface area contributed by atoms with Crippen molar-refractivity contribution in [3.8, 4) is 0 Å². The maximum Gasteiger partial charge on any atom is 0.253 e. The van der Waals surface area contributed by atoms with Gasteiger partial charge in [-0.25, -0.2) is 0 Å². The predicted octanol–water partition coefficient (Wildman–Crippen LogP) is 5.46. The summed E-state index contributed by atoms with van der Waals surface area (Å²) in [4.78, 5) is 33.9. The number of halogens is 2. The van der Waals surface area contributed by atoms with Crippen molar-refractivity contribution in [3.63, 3.8) is 0 Å². The molecule has 0 radical (unpaired) electrons. The lowest BCUT2D eigenvalue weighted by atomic mass is 9.80. The van der Waals surface area contributed by atoms with Gasteiger partial charge in [0, 0.05) is 56.3 Å². The lowest BCUT2D eigenvalue weighted by Gasteiger charge is -2.45. The summed E-state index contributed by atoms with van der Waals surface area (Å²) in [6, 6.07) is 16.0. The molecular weight excluding hydrogens is 519 g/mol. The van der Waals surface area contributed by atoms with Crippen LogP contribution in [0.4, 0.5) is 0 Å². The van der Waals surface area contributed by atoms with E-state index in [9.17, 15) is 9.59 Å². The van der Waals surface area contributed by atoms with Crippen molar-refractivity contribution in [1.82, 2.24) is 20.1 Å². The summed E-state index contributed by atoms with van der Waals surface area (Å²) in [7, 11) is 0. The zero-order chi connectivity index (χ0) is 26.6. The number of aromatic nitrogens is 1. The zero-order valence-corrected chi connectivity index (χ0v) is 23.2. The summed E-state index contributed by atoms with van der Waals surface area (Å²) >= 11 is 12.4. The van der Waals surface area contributed by atoms with E-state index in [2.05, 4.69) is 21.3 Å². The highest BCUT2D eigenvalue weighted by Gasteiger charge is 2.34. The molecule has 2 fully saturated rings. The van der Waals surface area contributed by atoms with Crippen LogP contribution in [0.15, 0.2) is 54.7 Å². The Morgan fingerprint density at radius 3 is 2.55 bits per heavy atom. The van der Waals surface area contributed by atoms with E-state index >= 15 is 0 Å². The van der Waals surface area contributed by atoms with Gasteiger partial charge in [0.05, 0.1) is 15.6 Å². The normalized spacial score (nSPS) is 21.0. The zero-order valence-electron chi connectivity index (χ0n) is 21.7. The summed E-state index contributed by atoms with van der Waals surface area (Å²) < 4.78 is 0. The van der Waals surface area contributed by atoms with E-state index in [1.165, 1.54) is 5.56 Å². The molecule has 200 valence electrons. The average Bonchev–Trinajstić information content (AvgIpc) is 2.94. The Kier molecular flexibility index (Phi) is 8.51. The molecule has 38 heavy (non-hydrogen) atoms. The second-order valence-corrected chi connectivity index (χ2v) is 11.4. The highest BCUT2D eigenvalue weighted by molar-refractivity contribution is 6.42. The minimum Gasteiger partial charge on any atom is -0.356 e. The molecule has 2 aromatic carbocycles. The van der Waals surface area contributed by atoms with Crippen molar-refractivity contribution >= 4 is 45.9 Å². The molecular formula is C30H34Cl2N4O2. The number of amides is 2. The summed E-state index contributed by atoms with van der Waals surface area (Å²) in [5.41, 5.74) is 2.81. The van der Waals surface area contributed by atoms with Gasteiger partial charge in [-0.2, -0.15) is 0 Å². The van der Waals surface area contributed by atoms with Crippen LogP contribution in [-0.4, -0.2) is 65.4 Å². The molecule has 0 saturated carbocycles. The first kappa shape index (κ1) is 26.9. The van der Waals surface area contributed by atoms with Crippen molar-refractivity contribution in [2.24, 2.45) is 11.8 Å². The van der Waals surface area contributed by atoms with Gasteiger partial charge in [0.2, 0.25) is 5.91 Å². The molecule has 6 nitrogen and oxygen atoms in total. The molecule has 5 rings (SSSR count). The summed E-state index contributed by atoms with van der Waals surface area (Å²) in [6.45, 7) is 5.74. The van der Waals surface area contributed by atoms with E-state index in [4.69, 9.17) is 23.2 Å². The van der Waals surface area contributed by atoms with Crippen LogP contribution in [0.25, 0.3) is 10.9 Å². The number of fused-ring (bicyclic) bond motifs is 1. The molecule has 0 spiro atoms. The van der Waals surface area contributed by atoms with Gasteiger partial charge in [-0.05, 0) is 86.0 Å². The van der Waals surface area contributed by atoms with Crippen LogP contribution in [0.2, 0.25) is 10.0 Å². The number of nitrogens with zero attached hydrogens (tertiary/aromatic N) is 3. The summed E-state index contributed by atoms with van der Waals surface area (Å²) in [5, 5.41) is 5.20. The number of nitrogens with one attached hydrogen (secondary N) is 1. The number of likely N-dealkylation sites (tertiary alicyclic amines) is 2. The number of pyridine rings is 1. The van der Waals surface area contributed by atoms with Crippen molar-refractivity contribution in [2.75, 3.05) is 32.7 Å². The molecule has 2 aliphatic rings. The fraction of sp³-hybridized carbons (Fsp3) is 0.433. The number of benzene rings is 2. The second kappa shape index (κ2) is 12.0. The van der Waals surface area contributed by atoms with Gasteiger partial charge in [-0.15, -0.1) is 0 Å². The van der Waals surface area contributed by atoms with Gasteiger partial charge < -0.3 is 10.2 Å². The molecule has 0 bridgehead atoms. The van der Waals surface area contributed by atoms with Crippen molar-refractivity contribution in [2.45, 2.75) is 38.6 Å². The van der Waals surface area contributed by atoms with Crippen molar-refractivity contribution < 1.29 is 9.59 Å². The highest BCUT2D eigenvalue weighted by atomic mass is 35.5. The van der Waals surface area contributed by atoms with Crippen LogP contribution < -0.4 is 5.32 Å². The Balaban J connectivity index is 1.20. The quantitative estimate of drug-likeness (QED) is 0.440. The number of hydrogen-bond acceptors (Lipinski definition) is 4. The van der Waals surface area contributed by atoms with E-state index < -0.39 is 0 Å². The van der Waals surface area contributed by atoms with E-state index in [1.54, 1.807) is 13.1 Å². The molecule has 2 amide bonds. The van der Waals surface area contributed by atoms with Crippen LogP contribution >= 0.6 is 23.2 Å². The molecule has 0 unspecified atom stereocenters. The summed E-state index contributed by atoms with van der Waals surface area (Å²) in [6.07, 6.45) is 5.68. The smallest absolute Gasteiger partial charge is 0.253 e. The summed E-state index contributed by atoms with van der Waals surface area (Å²) in [5.74, 6) is 0.914. The van der Waals surface area contributed by atoms with Crippen LogP contribution in [0.3, 0.4) is 0 Å². The maximum atomic E-state index is 13.2. The monoisotopic (exact) mass is 552 g/mol. The van der Waals surface area contributed by atoms with Crippen LogP contribution in [-0.2, 0) is 11.2 Å². The number of carbonyl (C=O) groups is 2. The first-order chi connectivity index (χ1) is 18.4. The molecule has 2 aliphatic heterocycles. The van der Waals surface area contributed by atoms with Gasteiger partial charge in [-0.1, -0.05) is 35.3 Å². The second-order valence-electron chi connectivity index (χ2n) is 10.6. The van der Waals surface area contributed by atoms with Gasteiger partial charge >= 0.3 is 0 Å². The minimum atomic E-state index is 0.00621. The third kappa shape index (κ3) is 6.31. The third-order valence-electron chi connectivity index (χ3n) is 8.14. The topological polar surface area (TPSA) is 65.5 Å². The van der Waals surface area contributed by atoms with Crippen LogP contribution in [0.1, 0.15) is 42.1 Å². The number of hydrogen-bond donors (Lipinski definition) is 1. The number of carbonyl (C=O) groups excluding carboxylic acids is 2. The van der Waals surface area contributed by atoms with Crippen LogP contribution in [0.5, 0.6) is 0 Å². The average molecular weight is 554 g/mol. The molecule has 3 aromatic rings. The van der Waals surface area contributed by atoms with Crippen molar-refractivity contribution in [3.05, 3.63) is 75.9 Å². The van der Waals surface area contributed by atoms with Crippen LogP contribution in [0, 0.1) is 11.8 Å². The standard InChI is InChI=1S/C30H34Cl2N4O2/c1-20(37)34-18-25-19-36(12-8-22(25)15-21-4-6-27(31)28(32)16-21)26-9-13-35(14-10-26)30(38)24-5-7-29-23(17-24)3-2-11-33-29/h2-7,11,16-17,22,25-26H,8-10,12-15,18-19H2,1H3,(H,34,37)/t22-,25-/m1/s1. The Labute approximate surface area is 234 Å². The number of piperidine rings is 2. The van der Waals surface area contributed by atoms with Gasteiger partial charge in [0.25, 0.3) is 5.91 Å². The van der Waals surface area contributed by atoms with Gasteiger partial charge in [-0.3, -0.25) is 19.5 Å². The van der Waals surface area contributed by atoms with E-state index in [0.717, 1.165) is 68.3 Å². The fourth-order valence-electron chi connectivity index (χ4n) is 6.01. The lowest BCUT2D eigenvalue weighted by molar-refractivity contribution is -0.119. The van der Waals surface area contributed by atoms with Gasteiger partial charge in [0.15, 0.2) is 0 Å². The first-order valence-electron chi connectivity index (χ1n) is 13.4. The Morgan fingerprint density at radius 1 is 0.974 bits per heavy atom. The lowest BCUT2D eigenvalue weighted by Crippen LogP contribution is -2.53. The molecule has 1 aromatic heterocycles. The fourth-order valence-corrected chi connectivity index (χ4v) is 6.33. The molecule has 2 saturated heterocycles. The van der Waals surface area contributed by atoms with E-state index in [1.807, 2.05) is 47.4 Å². The molecule has 1 N–H and O–H groups in total. The predicted molar refractivity (Wildman–Crippen MR) is 153 cm³/mol. The van der Waals surface area contributed by atoms with Gasteiger partial charge in [0.1, 0.15) is 0 Å². The first-order valence-corrected chi connectivity index (χ1v) is 14.2. The largest absolute Gasteiger partial charge is 0.356 e. The van der Waals surface area contributed by atoms with E-state index in [0.29, 0.717) is 34.5 Å².